The molecule has 4 rings (SSSR count). The molecule has 0 saturated carbocycles. The van der Waals surface area contributed by atoms with E-state index >= 15 is 0 Å². The summed E-state index contributed by atoms with van der Waals surface area (Å²) >= 11 is 6.18. The van der Waals surface area contributed by atoms with Crippen LogP contribution in [0, 0.1) is 0 Å². The summed E-state index contributed by atoms with van der Waals surface area (Å²) < 4.78 is 11.0. The summed E-state index contributed by atoms with van der Waals surface area (Å²) in [5.74, 6) is 0.771. The molecule has 3 N–H and O–H groups in total. The maximum absolute atomic E-state index is 12.1. The predicted octanol–water partition coefficient (Wildman–Crippen LogP) is 2.93. The van der Waals surface area contributed by atoms with Crippen LogP contribution in [0.1, 0.15) is 5.56 Å². The molecule has 132 valence electrons. The van der Waals surface area contributed by atoms with Crippen LogP contribution in [0.25, 0.3) is 17.1 Å². The molecule has 0 spiro atoms. The highest BCUT2D eigenvalue weighted by Gasteiger charge is 2.16. The molecule has 0 bridgehead atoms. The van der Waals surface area contributed by atoms with Crippen molar-refractivity contribution in [2.24, 2.45) is 0 Å². The van der Waals surface area contributed by atoms with Crippen molar-refractivity contribution in [3.63, 3.8) is 0 Å². The number of hydrogen-bond acceptors (Lipinski definition) is 4. The summed E-state index contributed by atoms with van der Waals surface area (Å²) in [6, 6.07) is 8.57. The van der Waals surface area contributed by atoms with Crippen molar-refractivity contribution in [2.75, 3.05) is 18.5 Å². The standard InChI is InChI=1S/C18H14ClN3O4/c19-12-7-10(8-15-17(12)26-6-5-25-15)1-4-16(23)20-11-2-3-13-14(9-11)22-18(24)21-13/h1-4,7-9H,5-6H2,(H,20,23)(H2,21,22,24). The minimum atomic E-state index is -0.312. The van der Waals surface area contributed by atoms with Crippen LogP contribution in [0.3, 0.4) is 0 Å². The lowest BCUT2D eigenvalue weighted by molar-refractivity contribution is -0.111. The van der Waals surface area contributed by atoms with E-state index in [1.165, 1.54) is 6.08 Å². The molecule has 1 aromatic heterocycles. The first-order chi connectivity index (χ1) is 12.6. The Balaban J connectivity index is 1.50. The number of rotatable bonds is 3. The molecule has 0 radical (unpaired) electrons. The zero-order chi connectivity index (χ0) is 18.1. The number of carbonyl (C=O) groups excluding carboxylic acids is 1. The Morgan fingerprint density at radius 2 is 1.92 bits per heavy atom. The van der Waals surface area contributed by atoms with E-state index in [0.29, 0.717) is 46.5 Å². The zero-order valence-corrected chi connectivity index (χ0v) is 14.2. The van der Waals surface area contributed by atoms with Crippen LogP contribution >= 0.6 is 11.6 Å². The van der Waals surface area contributed by atoms with E-state index in [4.69, 9.17) is 21.1 Å². The quantitative estimate of drug-likeness (QED) is 0.617. The monoisotopic (exact) mass is 371 g/mol. The van der Waals surface area contributed by atoms with Gasteiger partial charge in [-0.15, -0.1) is 0 Å². The van der Waals surface area contributed by atoms with Gasteiger partial charge in [0.25, 0.3) is 0 Å². The van der Waals surface area contributed by atoms with Crippen LogP contribution in [0.4, 0.5) is 5.69 Å². The molecule has 1 aliphatic heterocycles. The summed E-state index contributed by atoms with van der Waals surface area (Å²) in [6.07, 6.45) is 3.03. The largest absolute Gasteiger partial charge is 0.486 e. The molecule has 0 aliphatic carbocycles. The molecule has 1 aliphatic rings. The normalized spacial score (nSPS) is 13.3. The van der Waals surface area contributed by atoms with E-state index in [0.717, 1.165) is 5.56 Å². The van der Waals surface area contributed by atoms with E-state index in [2.05, 4.69) is 15.3 Å². The van der Waals surface area contributed by atoms with Gasteiger partial charge in [0.05, 0.1) is 16.1 Å². The lowest BCUT2D eigenvalue weighted by Crippen LogP contribution is -2.15. The Kier molecular flexibility index (Phi) is 4.14. The number of fused-ring (bicyclic) bond motifs is 2. The minimum absolute atomic E-state index is 0.293. The van der Waals surface area contributed by atoms with Crippen molar-refractivity contribution in [2.45, 2.75) is 0 Å². The topological polar surface area (TPSA) is 96.2 Å². The maximum atomic E-state index is 12.1. The molecule has 2 aromatic carbocycles. The molecule has 3 aromatic rings. The number of aromatic amines is 2. The summed E-state index contributed by atoms with van der Waals surface area (Å²) in [7, 11) is 0. The van der Waals surface area contributed by atoms with Crippen LogP contribution < -0.4 is 20.5 Å². The minimum Gasteiger partial charge on any atom is -0.486 e. The van der Waals surface area contributed by atoms with Crippen LogP contribution in [0.15, 0.2) is 41.2 Å². The van der Waals surface area contributed by atoms with Gasteiger partial charge in [-0.05, 0) is 42.0 Å². The SMILES string of the molecule is O=C(C=Cc1cc(Cl)c2c(c1)OCCO2)Nc1ccc2[nH]c(=O)[nH]c2c1. The lowest BCUT2D eigenvalue weighted by atomic mass is 10.1. The second-order valence-electron chi connectivity index (χ2n) is 5.69. The Morgan fingerprint density at radius 1 is 1.12 bits per heavy atom. The van der Waals surface area contributed by atoms with Gasteiger partial charge in [-0.1, -0.05) is 11.6 Å². The number of imidazole rings is 1. The number of amides is 1. The van der Waals surface area contributed by atoms with Crippen molar-refractivity contribution in [3.8, 4) is 11.5 Å². The molecule has 0 unspecified atom stereocenters. The third-order valence-electron chi connectivity index (χ3n) is 3.83. The number of benzene rings is 2. The molecule has 7 nitrogen and oxygen atoms in total. The van der Waals surface area contributed by atoms with Gasteiger partial charge in [0.2, 0.25) is 5.91 Å². The number of hydrogen-bond donors (Lipinski definition) is 3. The third-order valence-corrected chi connectivity index (χ3v) is 4.11. The number of nitrogens with one attached hydrogen (secondary N) is 3. The number of H-pyrrole nitrogens is 2. The smallest absolute Gasteiger partial charge is 0.323 e. The average molecular weight is 372 g/mol. The molecular weight excluding hydrogens is 358 g/mol. The average Bonchev–Trinajstić information content (AvgIpc) is 2.99. The molecule has 8 heteroatoms. The first-order valence-electron chi connectivity index (χ1n) is 7.89. The first-order valence-corrected chi connectivity index (χ1v) is 8.26. The molecule has 0 fully saturated rings. The number of ether oxygens (including phenoxy) is 2. The van der Waals surface area contributed by atoms with Crippen LogP contribution in [-0.4, -0.2) is 29.1 Å². The van der Waals surface area contributed by atoms with E-state index in [-0.39, 0.29) is 11.6 Å². The van der Waals surface area contributed by atoms with Gasteiger partial charge in [-0.3, -0.25) is 4.79 Å². The fourth-order valence-corrected chi connectivity index (χ4v) is 2.97. The van der Waals surface area contributed by atoms with Gasteiger partial charge in [-0.2, -0.15) is 0 Å². The van der Waals surface area contributed by atoms with Crippen LogP contribution in [-0.2, 0) is 4.79 Å². The van der Waals surface area contributed by atoms with Gasteiger partial charge < -0.3 is 24.8 Å². The number of anilines is 1. The van der Waals surface area contributed by atoms with Gasteiger partial charge in [0.1, 0.15) is 13.2 Å². The molecular formula is C18H14ClN3O4. The highest BCUT2D eigenvalue weighted by molar-refractivity contribution is 6.32. The first kappa shape index (κ1) is 16.3. The van der Waals surface area contributed by atoms with E-state index in [9.17, 15) is 9.59 Å². The summed E-state index contributed by atoms with van der Waals surface area (Å²) in [6.45, 7) is 0.918. The van der Waals surface area contributed by atoms with Crippen molar-refractivity contribution in [1.82, 2.24) is 9.97 Å². The fourth-order valence-electron chi connectivity index (χ4n) is 2.69. The summed E-state index contributed by atoms with van der Waals surface area (Å²) in [5.41, 5.74) is 2.30. The van der Waals surface area contributed by atoms with Gasteiger partial charge in [0.15, 0.2) is 11.5 Å². The predicted molar refractivity (Wildman–Crippen MR) is 99.0 cm³/mol. The second-order valence-corrected chi connectivity index (χ2v) is 6.10. The van der Waals surface area contributed by atoms with Gasteiger partial charge in [0, 0.05) is 11.8 Å². The van der Waals surface area contributed by atoms with E-state index < -0.39 is 0 Å². The van der Waals surface area contributed by atoms with Crippen molar-refractivity contribution < 1.29 is 14.3 Å². The van der Waals surface area contributed by atoms with E-state index in [1.54, 1.807) is 36.4 Å². The maximum Gasteiger partial charge on any atom is 0.323 e. The molecule has 26 heavy (non-hydrogen) atoms. The highest BCUT2D eigenvalue weighted by atomic mass is 35.5. The van der Waals surface area contributed by atoms with Crippen molar-refractivity contribution in [3.05, 3.63) is 57.5 Å². The Bertz CT molecular complexity index is 1080. The van der Waals surface area contributed by atoms with Gasteiger partial charge in [-0.25, -0.2) is 4.79 Å². The van der Waals surface area contributed by atoms with Crippen LogP contribution in [0.5, 0.6) is 11.5 Å². The number of aromatic nitrogens is 2. The van der Waals surface area contributed by atoms with Crippen LogP contribution in [0.2, 0.25) is 5.02 Å². The molecule has 0 atom stereocenters. The lowest BCUT2D eigenvalue weighted by Gasteiger charge is -2.19. The zero-order valence-electron chi connectivity index (χ0n) is 13.5. The fraction of sp³-hybridized carbons (Fsp3) is 0.111. The molecule has 0 saturated heterocycles. The Morgan fingerprint density at radius 3 is 2.81 bits per heavy atom. The van der Waals surface area contributed by atoms with Crippen molar-refractivity contribution in [1.29, 1.82) is 0 Å². The third kappa shape index (κ3) is 3.29. The summed E-state index contributed by atoms with van der Waals surface area (Å²) in [5, 5.41) is 3.17. The molecule has 2 heterocycles. The summed E-state index contributed by atoms with van der Waals surface area (Å²) in [4.78, 5) is 28.7. The van der Waals surface area contributed by atoms with E-state index in [1.807, 2.05) is 0 Å². The second kappa shape index (κ2) is 6.61. The molecule has 1 amide bonds. The Labute approximate surface area is 152 Å². The Hall–Kier alpha value is -3.19. The highest BCUT2D eigenvalue weighted by Crippen LogP contribution is 2.38. The number of halogens is 1. The number of carbonyl (C=O) groups is 1. The van der Waals surface area contributed by atoms with Gasteiger partial charge >= 0.3 is 5.69 Å². The van der Waals surface area contributed by atoms with Crippen molar-refractivity contribution >= 4 is 40.3 Å².